The fraction of sp³-hybridized carbons (Fsp3) is 0.900. The van der Waals surface area contributed by atoms with E-state index in [2.05, 4.69) is 0 Å². The summed E-state index contributed by atoms with van der Waals surface area (Å²) in [4.78, 5) is 12.5. The van der Waals surface area contributed by atoms with E-state index < -0.39 is 12.2 Å². The Morgan fingerprint density at radius 1 is 1.36 bits per heavy atom. The number of rotatable bonds is 2. The molecule has 0 spiro atoms. The summed E-state index contributed by atoms with van der Waals surface area (Å²) in [6.45, 7) is 1.93. The number of amides is 1. The topological polar surface area (TPSA) is 60.8 Å². The number of aliphatic hydroxyl groups is 2. The maximum atomic E-state index is 11.0. The van der Waals surface area contributed by atoms with Crippen LogP contribution in [0.15, 0.2) is 0 Å². The molecule has 1 rings (SSSR count). The standard InChI is InChI=1S/C10H19NO3/c1-7(12)11(2)6-8-9(13)4-3-5-10(8)14/h8-10,13-14H,3-6H2,1-2H3. The normalized spacial score (nSPS) is 32.7. The van der Waals surface area contributed by atoms with Gasteiger partial charge in [0, 0.05) is 26.4 Å². The van der Waals surface area contributed by atoms with Gasteiger partial charge in [-0.05, 0) is 19.3 Å². The Balaban J connectivity index is 2.51. The highest BCUT2D eigenvalue weighted by molar-refractivity contribution is 5.72. The summed E-state index contributed by atoms with van der Waals surface area (Å²) in [5, 5.41) is 19.3. The van der Waals surface area contributed by atoms with Crippen molar-refractivity contribution in [3.63, 3.8) is 0 Å². The first-order valence-corrected chi connectivity index (χ1v) is 5.10. The molecule has 0 bridgehead atoms. The molecule has 2 N–H and O–H groups in total. The van der Waals surface area contributed by atoms with E-state index >= 15 is 0 Å². The first-order chi connectivity index (χ1) is 6.52. The summed E-state index contributed by atoms with van der Waals surface area (Å²) in [5.41, 5.74) is 0. The first-order valence-electron chi connectivity index (χ1n) is 5.10. The Hall–Kier alpha value is -0.610. The largest absolute Gasteiger partial charge is 0.393 e. The number of aliphatic hydroxyl groups excluding tert-OH is 2. The smallest absolute Gasteiger partial charge is 0.219 e. The summed E-state index contributed by atoms with van der Waals surface area (Å²) in [6.07, 6.45) is 1.38. The van der Waals surface area contributed by atoms with Gasteiger partial charge in [-0.2, -0.15) is 0 Å². The molecule has 1 fully saturated rings. The van der Waals surface area contributed by atoms with Crippen molar-refractivity contribution in [3.05, 3.63) is 0 Å². The van der Waals surface area contributed by atoms with Gasteiger partial charge in [0.15, 0.2) is 0 Å². The third kappa shape index (κ3) is 2.69. The van der Waals surface area contributed by atoms with Crippen LogP contribution in [0.3, 0.4) is 0 Å². The maximum absolute atomic E-state index is 11.0. The van der Waals surface area contributed by atoms with E-state index in [0.717, 1.165) is 19.3 Å². The molecule has 14 heavy (non-hydrogen) atoms. The van der Waals surface area contributed by atoms with Crippen molar-refractivity contribution < 1.29 is 15.0 Å². The number of hydrogen-bond acceptors (Lipinski definition) is 3. The molecule has 1 aliphatic rings. The van der Waals surface area contributed by atoms with Crippen LogP contribution in [0.1, 0.15) is 26.2 Å². The fourth-order valence-electron chi connectivity index (χ4n) is 1.91. The lowest BCUT2D eigenvalue weighted by atomic mass is 9.83. The molecule has 4 heteroatoms. The van der Waals surface area contributed by atoms with E-state index in [1.54, 1.807) is 11.9 Å². The van der Waals surface area contributed by atoms with Gasteiger partial charge in [-0.15, -0.1) is 0 Å². The quantitative estimate of drug-likeness (QED) is 0.660. The van der Waals surface area contributed by atoms with E-state index in [1.807, 2.05) is 0 Å². The Labute approximate surface area is 84.5 Å². The average Bonchev–Trinajstić information content (AvgIpc) is 2.11. The lowest BCUT2D eigenvalue weighted by Crippen LogP contribution is -2.44. The minimum Gasteiger partial charge on any atom is -0.393 e. The molecule has 0 radical (unpaired) electrons. The Morgan fingerprint density at radius 3 is 2.29 bits per heavy atom. The molecule has 4 nitrogen and oxygen atoms in total. The third-order valence-corrected chi connectivity index (χ3v) is 3.01. The van der Waals surface area contributed by atoms with Crippen molar-refractivity contribution in [1.82, 2.24) is 4.90 Å². The van der Waals surface area contributed by atoms with Crippen LogP contribution >= 0.6 is 0 Å². The molecule has 0 aromatic heterocycles. The molecule has 1 amide bonds. The van der Waals surface area contributed by atoms with Crippen molar-refractivity contribution in [1.29, 1.82) is 0 Å². The van der Waals surface area contributed by atoms with Crippen molar-refractivity contribution in [2.75, 3.05) is 13.6 Å². The summed E-state index contributed by atoms with van der Waals surface area (Å²) >= 11 is 0. The highest BCUT2D eigenvalue weighted by Gasteiger charge is 2.31. The number of carbonyl (C=O) groups excluding carboxylic acids is 1. The van der Waals surface area contributed by atoms with Gasteiger partial charge in [0.25, 0.3) is 0 Å². The van der Waals surface area contributed by atoms with E-state index in [0.29, 0.717) is 6.54 Å². The minimum atomic E-state index is -0.472. The van der Waals surface area contributed by atoms with Gasteiger partial charge in [0.1, 0.15) is 0 Å². The average molecular weight is 201 g/mol. The second-order valence-corrected chi connectivity index (χ2v) is 4.13. The van der Waals surface area contributed by atoms with Crippen molar-refractivity contribution in [3.8, 4) is 0 Å². The van der Waals surface area contributed by atoms with E-state index in [9.17, 15) is 15.0 Å². The molecule has 2 unspecified atom stereocenters. The van der Waals surface area contributed by atoms with Gasteiger partial charge in [-0.3, -0.25) is 4.79 Å². The molecule has 0 aliphatic heterocycles. The predicted octanol–water partition coefficient (Wildman–Crippen LogP) is -0.0134. The van der Waals surface area contributed by atoms with Gasteiger partial charge in [0.2, 0.25) is 5.91 Å². The third-order valence-electron chi connectivity index (χ3n) is 3.01. The van der Waals surface area contributed by atoms with Crippen LogP contribution in [0, 0.1) is 5.92 Å². The Kier molecular flexibility index (Phi) is 3.89. The maximum Gasteiger partial charge on any atom is 0.219 e. The Bertz CT molecular complexity index is 198. The lowest BCUT2D eigenvalue weighted by Gasteiger charge is -2.34. The predicted molar refractivity (Wildman–Crippen MR) is 52.7 cm³/mol. The number of hydrogen-bond donors (Lipinski definition) is 2. The van der Waals surface area contributed by atoms with E-state index in [4.69, 9.17) is 0 Å². The van der Waals surface area contributed by atoms with Crippen LogP contribution in [-0.4, -0.2) is 46.8 Å². The molecular weight excluding hydrogens is 182 g/mol. The molecule has 1 saturated carbocycles. The number of carbonyl (C=O) groups is 1. The number of nitrogens with zero attached hydrogens (tertiary/aromatic N) is 1. The van der Waals surface area contributed by atoms with Crippen LogP contribution in [0.25, 0.3) is 0 Å². The van der Waals surface area contributed by atoms with Crippen molar-refractivity contribution in [2.24, 2.45) is 5.92 Å². The van der Waals surface area contributed by atoms with Crippen LogP contribution in [0.2, 0.25) is 0 Å². The molecule has 0 heterocycles. The van der Waals surface area contributed by atoms with Crippen LogP contribution < -0.4 is 0 Å². The van der Waals surface area contributed by atoms with Crippen LogP contribution in [0.4, 0.5) is 0 Å². The van der Waals surface area contributed by atoms with E-state index in [1.165, 1.54) is 6.92 Å². The van der Waals surface area contributed by atoms with Gasteiger partial charge in [-0.25, -0.2) is 0 Å². The molecule has 0 aromatic rings. The van der Waals surface area contributed by atoms with Crippen LogP contribution in [0.5, 0.6) is 0 Å². The lowest BCUT2D eigenvalue weighted by molar-refractivity contribution is -0.130. The van der Waals surface area contributed by atoms with Crippen molar-refractivity contribution >= 4 is 5.91 Å². The molecule has 0 saturated heterocycles. The van der Waals surface area contributed by atoms with Gasteiger partial charge >= 0.3 is 0 Å². The summed E-state index contributed by atoms with van der Waals surface area (Å²) in [7, 11) is 1.69. The zero-order chi connectivity index (χ0) is 10.7. The van der Waals surface area contributed by atoms with E-state index in [-0.39, 0.29) is 11.8 Å². The highest BCUT2D eigenvalue weighted by Crippen LogP contribution is 2.25. The summed E-state index contributed by atoms with van der Waals surface area (Å²) in [5.74, 6) is -0.215. The second-order valence-electron chi connectivity index (χ2n) is 4.13. The summed E-state index contributed by atoms with van der Waals surface area (Å²) in [6, 6.07) is 0. The SMILES string of the molecule is CC(=O)N(C)CC1C(O)CCCC1O. The molecule has 2 atom stereocenters. The zero-order valence-corrected chi connectivity index (χ0v) is 8.81. The molecule has 1 aliphatic carbocycles. The van der Waals surface area contributed by atoms with Crippen LogP contribution in [-0.2, 0) is 4.79 Å². The zero-order valence-electron chi connectivity index (χ0n) is 8.81. The summed E-state index contributed by atoms with van der Waals surface area (Å²) < 4.78 is 0. The van der Waals surface area contributed by atoms with Gasteiger partial charge in [0.05, 0.1) is 12.2 Å². The molecule has 0 aromatic carbocycles. The van der Waals surface area contributed by atoms with Crippen molar-refractivity contribution in [2.45, 2.75) is 38.4 Å². The highest BCUT2D eigenvalue weighted by atomic mass is 16.3. The minimum absolute atomic E-state index is 0.0324. The second kappa shape index (κ2) is 4.75. The van der Waals surface area contributed by atoms with Gasteiger partial charge < -0.3 is 15.1 Å². The fourth-order valence-corrected chi connectivity index (χ4v) is 1.91. The Morgan fingerprint density at radius 2 is 1.86 bits per heavy atom. The molecule has 82 valence electrons. The monoisotopic (exact) mass is 201 g/mol. The first kappa shape index (κ1) is 11.5. The molecular formula is C10H19NO3. The van der Waals surface area contributed by atoms with Gasteiger partial charge in [-0.1, -0.05) is 0 Å².